The fraction of sp³-hybridized carbons (Fsp3) is 0.500. The number of nitrogens with zero attached hydrogens (tertiary/aromatic N) is 1. The number of carbonyl (C=O) groups is 1. The summed E-state index contributed by atoms with van der Waals surface area (Å²) in [4.78, 5) is 16.6. The maximum Gasteiger partial charge on any atom is 0.231 e. The van der Waals surface area contributed by atoms with Crippen molar-refractivity contribution in [3.8, 4) is 0 Å². The van der Waals surface area contributed by atoms with E-state index in [2.05, 4.69) is 19.1 Å². The number of piperidine rings is 1. The topological polar surface area (TPSA) is 46.3 Å². The predicted molar refractivity (Wildman–Crippen MR) is 90.6 cm³/mol. The molecule has 0 radical (unpaired) electrons. The van der Waals surface area contributed by atoms with Gasteiger partial charge in [-0.3, -0.25) is 4.79 Å². The van der Waals surface area contributed by atoms with Crippen LogP contribution in [0, 0.1) is 5.41 Å². The zero-order valence-corrected chi connectivity index (χ0v) is 13.8. The molecule has 0 bridgehead atoms. The SMILES string of the molecule is CC1(C(N)=S)CCN(C(=O)C2CSc3ccccc32)CC1. The summed E-state index contributed by atoms with van der Waals surface area (Å²) >= 11 is 6.95. The quantitative estimate of drug-likeness (QED) is 0.851. The lowest BCUT2D eigenvalue weighted by Gasteiger charge is -2.39. The highest BCUT2D eigenvalue weighted by Crippen LogP contribution is 2.41. The van der Waals surface area contributed by atoms with Gasteiger partial charge >= 0.3 is 0 Å². The molecule has 1 unspecified atom stereocenters. The monoisotopic (exact) mass is 320 g/mol. The number of amides is 1. The van der Waals surface area contributed by atoms with Crippen LogP contribution >= 0.6 is 24.0 Å². The third-order valence-electron chi connectivity index (χ3n) is 4.77. The Labute approximate surface area is 135 Å². The summed E-state index contributed by atoms with van der Waals surface area (Å²) in [7, 11) is 0. The number of benzene rings is 1. The van der Waals surface area contributed by atoms with Crippen LogP contribution in [0.5, 0.6) is 0 Å². The summed E-state index contributed by atoms with van der Waals surface area (Å²) in [6.45, 7) is 3.63. The van der Waals surface area contributed by atoms with Crippen LogP contribution in [0.25, 0.3) is 0 Å². The average Bonchev–Trinajstić information content (AvgIpc) is 2.91. The minimum Gasteiger partial charge on any atom is -0.393 e. The first-order valence-corrected chi connectivity index (χ1v) is 8.71. The molecule has 2 heterocycles. The van der Waals surface area contributed by atoms with Gasteiger partial charge in [-0.2, -0.15) is 0 Å². The number of hydrogen-bond acceptors (Lipinski definition) is 3. The highest BCUT2D eigenvalue weighted by atomic mass is 32.2. The van der Waals surface area contributed by atoms with Crippen molar-refractivity contribution in [3.63, 3.8) is 0 Å². The maximum atomic E-state index is 12.8. The van der Waals surface area contributed by atoms with Crippen molar-refractivity contribution in [2.75, 3.05) is 18.8 Å². The van der Waals surface area contributed by atoms with Crippen molar-refractivity contribution in [3.05, 3.63) is 29.8 Å². The first-order valence-electron chi connectivity index (χ1n) is 7.32. The number of nitrogens with two attached hydrogens (primary N) is 1. The van der Waals surface area contributed by atoms with Gasteiger partial charge in [0.1, 0.15) is 0 Å². The van der Waals surface area contributed by atoms with Gasteiger partial charge in [0.05, 0.1) is 10.9 Å². The molecular formula is C16H20N2OS2. The van der Waals surface area contributed by atoms with Crippen molar-refractivity contribution in [2.45, 2.75) is 30.6 Å². The first kappa shape index (κ1) is 14.9. The van der Waals surface area contributed by atoms with Crippen molar-refractivity contribution < 1.29 is 4.79 Å². The van der Waals surface area contributed by atoms with Crippen LogP contribution in [0.4, 0.5) is 0 Å². The van der Waals surface area contributed by atoms with Gasteiger partial charge in [0.25, 0.3) is 0 Å². The molecule has 0 aromatic heterocycles. The highest BCUT2D eigenvalue weighted by molar-refractivity contribution is 7.99. The summed E-state index contributed by atoms with van der Waals surface area (Å²) in [5, 5.41) is 0. The molecule has 1 aromatic carbocycles. The fourth-order valence-electron chi connectivity index (χ4n) is 3.05. The normalized spacial score (nSPS) is 23.7. The number of fused-ring (bicyclic) bond motifs is 1. The van der Waals surface area contributed by atoms with Crippen LogP contribution in [-0.2, 0) is 4.79 Å². The Kier molecular flexibility index (Phi) is 3.97. The predicted octanol–water partition coefficient (Wildman–Crippen LogP) is 2.79. The Morgan fingerprint density at radius 1 is 1.38 bits per heavy atom. The van der Waals surface area contributed by atoms with E-state index >= 15 is 0 Å². The molecule has 21 heavy (non-hydrogen) atoms. The largest absolute Gasteiger partial charge is 0.393 e. The Bertz CT molecular complexity index is 579. The van der Waals surface area contributed by atoms with Gasteiger partial charge in [-0.15, -0.1) is 11.8 Å². The van der Waals surface area contributed by atoms with Gasteiger partial charge in [0.15, 0.2) is 0 Å². The number of thioether (sulfide) groups is 1. The second-order valence-electron chi connectivity index (χ2n) is 6.15. The van der Waals surface area contributed by atoms with Crippen LogP contribution in [-0.4, -0.2) is 34.6 Å². The van der Waals surface area contributed by atoms with E-state index in [1.807, 2.05) is 17.0 Å². The molecule has 0 aliphatic carbocycles. The Balaban J connectivity index is 1.70. The molecule has 2 aliphatic heterocycles. The lowest BCUT2D eigenvalue weighted by molar-refractivity contribution is -0.133. The average molecular weight is 320 g/mol. The molecule has 0 spiro atoms. The summed E-state index contributed by atoms with van der Waals surface area (Å²) < 4.78 is 0. The zero-order valence-electron chi connectivity index (χ0n) is 12.2. The number of carbonyl (C=O) groups excluding carboxylic acids is 1. The van der Waals surface area contributed by atoms with E-state index in [9.17, 15) is 4.79 Å². The molecule has 1 amide bonds. The molecule has 1 aromatic rings. The third kappa shape index (κ3) is 2.69. The number of rotatable bonds is 2. The summed E-state index contributed by atoms with van der Waals surface area (Å²) in [5.74, 6) is 1.14. The molecule has 2 N–H and O–H groups in total. The lowest BCUT2D eigenvalue weighted by atomic mass is 9.80. The van der Waals surface area contributed by atoms with E-state index in [1.165, 1.54) is 10.5 Å². The lowest BCUT2D eigenvalue weighted by Crippen LogP contribution is -2.48. The van der Waals surface area contributed by atoms with Crippen molar-refractivity contribution in [1.29, 1.82) is 0 Å². The van der Waals surface area contributed by atoms with Crippen LogP contribution in [0.15, 0.2) is 29.2 Å². The van der Waals surface area contributed by atoms with Gasteiger partial charge in [-0.25, -0.2) is 0 Å². The Morgan fingerprint density at radius 3 is 2.71 bits per heavy atom. The van der Waals surface area contributed by atoms with Gasteiger partial charge < -0.3 is 10.6 Å². The molecule has 1 fully saturated rings. The third-order valence-corrected chi connectivity index (χ3v) is 6.45. The van der Waals surface area contributed by atoms with E-state index in [0.717, 1.165) is 31.7 Å². The zero-order chi connectivity index (χ0) is 15.0. The molecular weight excluding hydrogens is 300 g/mol. The van der Waals surface area contributed by atoms with Crippen LogP contribution in [0.3, 0.4) is 0 Å². The molecule has 5 heteroatoms. The van der Waals surface area contributed by atoms with E-state index in [-0.39, 0.29) is 17.2 Å². The first-order chi connectivity index (χ1) is 10.0. The van der Waals surface area contributed by atoms with Gasteiger partial charge in [-0.05, 0) is 24.5 Å². The number of likely N-dealkylation sites (tertiary alicyclic amines) is 1. The second kappa shape index (κ2) is 5.61. The van der Waals surface area contributed by atoms with E-state index in [0.29, 0.717) is 4.99 Å². The van der Waals surface area contributed by atoms with Crippen LogP contribution in [0.2, 0.25) is 0 Å². The minimum atomic E-state index is -0.0888. The Hall–Kier alpha value is -1.07. The molecule has 0 saturated carbocycles. The standard InChI is InChI=1S/C16H20N2OS2/c1-16(15(17)20)6-8-18(9-7-16)14(19)12-10-21-13-5-3-2-4-11(12)13/h2-5,12H,6-10H2,1H3,(H2,17,20). The van der Waals surface area contributed by atoms with Crippen molar-refractivity contribution >= 4 is 34.9 Å². The van der Waals surface area contributed by atoms with Crippen LogP contribution < -0.4 is 5.73 Å². The summed E-state index contributed by atoms with van der Waals surface area (Å²) in [6.07, 6.45) is 1.74. The van der Waals surface area contributed by atoms with E-state index in [4.69, 9.17) is 18.0 Å². The fourth-order valence-corrected chi connectivity index (χ4v) is 4.48. The molecule has 112 valence electrons. The van der Waals surface area contributed by atoms with E-state index < -0.39 is 0 Å². The van der Waals surface area contributed by atoms with Crippen LogP contribution in [0.1, 0.15) is 31.2 Å². The van der Waals surface area contributed by atoms with Gasteiger partial charge in [-0.1, -0.05) is 37.3 Å². The maximum absolute atomic E-state index is 12.8. The smallest absolute Gasteiger partial charge is 0.231 e. The second-order valence-corrected chi connectivity index (χ2v) is 7.65. The molecule has 3 rings (SSSR count). The van der Waals surface area contributed by atoms with Crippen molar-refractivity contribution in [1.82, 2.24) is 4.90 Å². The van der Waals surface area contributed by atoms with E-state index in [1.54, 1.807) is 11.8 Å². The molecule has 2 aliphatic rings. The van der Waals surface area contributed by atoms with Crippen molar-refractivity contribution in [2.24, 2.45) is 11.1 Å². The number of hydrogen-bond donors (Lipinski definition) is 1. The number of thiocarbonyl (C=S) groups is 1. The minimum absolute atomic E-state index is 0.0142. The summed E-state index contributed by atoms with van der Waals surface area (Å²) in [5.41, 5.74) is 6.93. The molecule has 1 saturated heterocycles. The summed E-state index contributed by atoms with van der Waals surface area (Å²) in [6, 6.07) is 8.24. The van der Waals surface area contributed by atoms with Gasteiger partial charge in [0.2, 0.25) is 5.91 Å². The molecule has 1 atom stereocenters. The molecule has 3 nitrogen and oxygen atoms in total. The highest BCUT2D eigenvalue weighted by Gasteiger charge is 2.38. The Morgan fingerprint density at radius 2 is 2.05 bits per heavy atom. The van der Waals surface area contributed by atoms with Gasteiger partial charge in [0, 0.05) is 29.2 Å².